The number of amides is 1. The third-order valence-electron chi connectivity index (χ3n) is 9.54. The van der Waals surface area contributed by atoms with Crippen molar-refractivity contribution in [2.24, 2.45) is 0 Å². The van der Waals surface area contributed by atoms with Crippen LogP contribution in [0.5, 0.6) is 0 Å². The number of fused-ring (bicyclic) bond motifs is 2. The van der Waals surface area contributed by atoms with Gasteiger partial charge in [0.25, 0.3) is 0 Å². The first-order valence-corrected chi connectivity index (χ1v) is 17.2. The van der Waals surface area contributed by atoms with Crippen molar-refractivity contribution < 1.29 is 18.0 Å². The van der Waals surface area contributed by atoms with Gasteiger partial charge in [0.15, 0.2) is 0 Å². The Morgan fingerprint density at radius 1 is 1.04 bits per heavy atom. The van der Waals surface area contributed by atoms with Crippen LogP contribution < -0.4 is 5.32 Å². The van der Waals surface area contributed by atoms with Crippen molar-refractivity contribution in [2.75, 3.05) is 51.1 Å². The molecule has 0 unspecified atom stereocenters. The van der Waals surface area contributed by atoms with Crippen molar-refractivity contribution in [3.05, 3.63) is 52.3 Å². The van der Waals surface area contributed by atoms with Gasteiger partial charge in [0.2, 0.25) is 5.91 Å². The van der Waals surface area contributed by atoms with E-state index in [0.29, 0.717) is 28.1 Å². The number of halogens is 3. The Balaban J connectivity index is 1.06. The van der Waals surface area contributed by atoms with Crippen LogP contribution in [0.1, 0.15) is 54.3 Å². The highest BCUT2D eigenvalue weighted by Crippen LogP contribution is 2.33. The number of alkyl halides is 3. The zero-order chi connectivity index (χ0) is 33.1. The molecule has 0 saturated carbocycles. The first-order chi connectivity index (χ1) is 22.6. The van der Waals surface area contributed by atoms with Gasteiger partial charge in [-0.3, -0.25) is 14.6 Å². The second-order valence-corrected chi connectivity index (χ2v) is 13.8. The predicted molar refractivity (Wildman–Crippen MR) is 178 cm³/mol. The minimum absolute atomic E-state index is 0.172. The molecule has 6 rings (SSSR count). The maximum atomic E-state index is 12.9. The average molecular weight is 667 g/mol. The topological polar surface area (TPSA) is 93.3 Å². The second kappa shape index (κ2) is 14.2. The zero-order valence-electron chi connectivity index (χ0n) is 26.9. The minimum atomic E-state index is -4.26. The maximum Gasteiger partial charge on any atom is 0.393 e. The van der Waals surface area contributed by atoms with Gasteiger partial charge in [-0.15, -0.1) is 11.3 Å². The third kappa shape index (κ3) is 7.71. The molecule has 2 saturated heterocycles. The van der Waals surface area contributed by atoms with Crippen LogP contribution in [0.4, 0.5) is 19.0 Å². The second-order valence-electron chi connectivity index (χ2n) is 12.6. The summed E-state index contributed by atoms with van der Waals surface area (Å²) in [5.74, 6) is 0.815. The minimum Gasteiger partial charge on any atom is -0.367 e. The summed E-state index contributed by atoms with van der Waals surface area (Å²) in [7, 11) is 0. The number of likely N-dealkylation sites (tertiary alicyclic amines) is 1. The molecule has 0 radical (unpaired) electrons. The summed E-state index contributed by atoms with van der Waals surface area (Å²) in [5.41, 5.74) is 4.18. The molecule has 3 aromatic heterocycles. The molecule has 1 N–H and O–H groups in total. The fourth-order valence-electron chi connectivity index (χ4n) is 6.91. The number of carbonyl (C=O) groups is 1. The van der Waals surface area contributed by atoms with Crippen LogP contribution in [-0.2, 0) is 24.3 Å². The van der Waals surface area contributed by atoms with Crippen LogP contribution in [0.3, 0.4) is 0 Å². The molecule has 0 bridgehead atoms. The summed E-state index contributed by atoms with van der Waals surface area (Å²) < 4.78 is 41.0. The molecule has 1 aromatic carbocycles. The molecule has 0 aliphatic carbocycles. The van der Waals surface area contributed by atoms with Gasteiger partial charge in [-0.25, -0.2) is 9.97 Å². The lowest BCUT2D eigenvalue weighted by molar-refractivity contribution is -0.130. The molecular weight excluding hydrogens is 625 g/mol. The number of aryl methyl sites for hydroxylation is 1. The Labute approximate surface area is 277 Å². The summed E-state index contributed by atoms with van der Waals surface area (Å²) in [6.45, 7) is 11.5. The average Bonchev–Trinajstić information content (AvgIpc) is 3.53. The summed E-state index contributed by atoms with van der Waals surface area (Å²) in [4.78, 5) is 28.3. The lowest BCUT2D eigenvalue weighted by atomic mass is 10.0. The molecule has 5 heterocycles. The van der Waals surface area contributed by atoms with E-state index in [1.54, 1.807) is 6.07 Å². The van der Waals surface area contributed by atoms with E-state index in [1.165, 1.54) is 17.5 Å². The number of hydrogen-bond acceptors (Lipinski definition) is 8. The highest BCUT2D eigenvalue weighted by molar-refractivity contribution is 7.18. The number of carbonyl (C=O) groups excluding carboxylic acids is 1. The van der Waals surface area contributed by atoms with Gasteiger partial charge < -0.3 is 14.8 Å². The monoisotopic (exact) mass is 666 g/mol. The van der Waals surface area contributed by atoms with Crippen molar-refractivity contribution in [2.45, 2.75) is 71.3 Å². The third-order valence-corrected chi connectivity index (χ3v) is 10.6. The van der Waals surface area contributed by atoms with Gasteiger partial charge >= 0.3 is 6.18 Å². The smallest absolute Gasteiger partial charge is 0.367 e. The highest BCUT2D eigenvalue weighted by Gasteiger charge is 2.29. The van der Waals surface area contributed by atoms with E-state index in [9.17, 15) is 23.2 Å². The molecule has 1 amide bonds. The summed E-state index contributed by atoms with van der Waals surface area (Å²) in [5, 5.41) is 15.2. The highest BCUT2D eigenvalue weighted by atomic mass is 32.1. The van der Waals surface area contributed by atoms with Gasteiger partial charge in [-0.05, 0) is 62.1 Å². The van der Waals surface area contributed by atoms with E-state index in [0.717, 1.165) is 100 Å². The van der Waals surface area contributed by atoms with Crippen molar-refractivity contribution in [3.8, 4) is 6.07 Å². The van der Waals surface area contributed by atoms with Crippen LogP contribution >= 0.6 is 11.3 Å². The summed E-state index contributed by atoms with van der Waals surface area (Å²) in [6.07, 6.45) is -0.514. The summed E-state index contributed by atoms with van der Waals surface area (Å²) in [6, 6.07) is 10.5. The Kier molecular flexibility index (Phi) is 10.0. The lowest BCUT2D eigenvalue weighted by Gasteiger charge is -2.33. The molecule has 13 heteroatoms. The molecule has 4 aromatic rings. The van der Waals surface area contributed by atoms with Crippen LogP contribution in [0.2, 0.25) is 0 Å². The molecule has 250 valence electrons. The summed E-state index contributed by atoms with van der Waals surface area (Å²) >= 11 is 1.07. The standard InChI is InChI=1S/C34H41F3N8OS/c1-3-31(46)44-10-4-9-42(13-15-44)14-16-45-26(20-38)17-28-23(2)24(5-6-30(28)45)21-43-11-7-25(8-12-43)41-32-29-18-27(19-34(35,36)37)47-33(29)40-22-39-32/h5-6,17-18,22,25H,3-4,7-16,19,21H2,1-2H3,(H,39,40,41). The van der Waals surface area contributed by atoms with Crippen molar-refractivity contribution >= 4 is 44.2 Å². The molecule has 2 fully saturated rings. The largest absolute Gasteiger partial charge is 0.393 e. The number of nitrogens with zero attached hydrogens (tertiary/aromatic N) is 7. The number of rotatable bonds is 9. The quantitative estimate of drug-likeness (QED) is 0.236. The van der Waals surface area contributed by atoms with E-state index < -0.39 is 12.6 Å². The van der Waals surface area contributed by atoms with E-state index in [1.807, 2.05) is 17.9 Å². The van der Waals surface area contributed by atoms with Gasteiger partial charge in [0.05, 0.1) is 11.8 Å². The molecule has 0 atom stereocenters. The number of nitriles is 1. The van der Waals surface area contributed by atoms with E-state index in [4.69, 9.17) is 0 Å². The molecule has 2 aliphatic heterocycles. The number of hydrogen-bond donors (Lipinski definition) is 1. The molecule has 47 heavy (non-hydrogen) atoms. The fraction of sp³-hybridized carbons (Fsp3) is 0.529. The molecule has 2 aliphatic rings. The van der Waals surface area contributed by atoms with E-state index >= 15 is 0 Å². The van der Waals surface area contributed by atoms with Gasteiger partial charge in [0.1, 0.15) is 28.7 Å². The number of benzene rings is 1. The Morgan fingerprint density at radius 2 is 1.85 bits per heavy atom. The number of thiophene rings is 1. The SMILES string of the molecule is CCC(=O)N1CCCN(CCn2c(C#N)cc3c(C)c(CN4CCC(Nc5ncnc6sc(CC(F)(F)F)cc56)CC4)ccc32)CC1. The zero-order valence-corrected chi connectivity index (χ0v) is 27.8. The van der Waals surface area contributed by atoms with Gasteiger partial charge in [0, 0.05) is 80.6 Å². The van der Waals surface area contributed by atoms with Crippen LogP contribution in [0, 0.1) is 18.3 Å². The van der Waals surface area contributed by atoms with Crippen LogP contribution in [0.15, 0.2) is 30.6 Å². The number of nitrogens with one attached hydrogen (secondary N) is 1. The van der Waals surface area contributed by atoms with E-state index in [-0.39, 0.29) is 16.8 Å². The number of piperidine rings is 1. The Hall–Kier alpha value is -3.73. The first kappa shape index (κ1) is 33.2. The number of anilines is 1. The predicted octanol–water partition coefficient (Wildman–Crippen LogP) is 5.95. The first-order valence-electron chi connectivity index (χ1n) is 16.4. The van der Waals surface area contributed by atoms with Crippen LogP contribution in [0.25, 0.3) is 21.1 Å². The van der Waals surface area contributed by atoms with Crippen molar-refractivity contribution in [1.82, 2.24) is 29.2 Å². The normalized spacial score (nSPS) is 17.3. The Morgan fingerprint density at radius 3 is 2.60 bits per heavy atom. The Bertz CT molecular complexity index is 1770. The van der Waals surface area contributed by atoms with E-state index in [2.05, 4.69) is 54.8 Å². The lowest BCUT2D eigenvalue weighted by Crippen LogP contribution is -2.39. The van der Waals surface area contributed by atoms with Gasteiger partial charge in [-0.2, -0.15) is 18.4 Å². The number of aromatic nitrogens is 3. The maximum absolute atomic E-state index is 12.9. The van der Waals surface area contributed by atoms with Gasteiger partial charge in [-0.1, -0.05) is 13.0 Å². The molecule has 0 spiro atoms. The van der Waals surface area contributed by atoms with Crippen molar-refractivity contribution in [3.63, 3.8) is 0 Å². The fourth-order valence-corrected chi connectivity index (χ4v) is 7.94. The van der Waals surface area contributed by atoms with Crippen molar-refractivity contribution in [1.29, 1.82) is 5.26 Å². The molecular formula is C34H41F3N8OS. The van der Waals surface area contributed by atoms with Crippen LogP contribution in [-0.4, -0.2) is 93.2 Å². The molecule has 9 nitrogen and oxygen atoms in total.